The standard InChI is InChI=1S/C32H38Cl2N2O3/c1-22(2)19-35-31(38)28(18-23-12-7-6-8-13-23)36(20-24-26(33)15-11-16-27(24)34)30(37)21-39-29-17-10-9-14-25(29)32(3,4)5/h6-17,22,28H,18-21H2,1-5H3,(H,35,38)/t28-/m0/s1. The highest BCUT2D eigenvalue weighted by Gasteiger charge is 2.32. The molecule has 0 saturated heterocycles. The first-order valence-corrected chi connectivity index (χ1v) is 14.0. The van der Waals surface area contributed by atoms with Crippen molar-refractivity contribution in [2.75, 3.05) is 13.2 Å². The average molecular weight is 570 g/mol. The Kier molecular flexibility index (Phi) is 10.8. The molecule has 0 aromatic heterocycles. The zero-order valence-electron chi connectivity index (χ0n) is 23.3. The number of para-hydroxylation sites is 1. The van der Waals surface area contributed by atoms with Crippen molar-refractivity contribution in [1.82, 2.24) is 10.2 Å². The second-order valence-electron chi connectivity index (χ2n) is 11.1. The predicted octanol–water partition coefficient (Wildman–Crippen LogP) is 7.08. The molecule has 0 saturated carbocycles. The first kappa shape index (κ1) is 30.5. The molecule has 0 unspecified atom stereocenters. The molecule has 3 aromatic rings. The lowest BCUT2D eigenvalue weighted by molar-refractivity contribution is -0.142. The van der Waals surface area contributed by atoms with Gasteiger partial charge < -0.3 is 15.0 Å². The highest BCUT2D eigenvalue weighted by atomic mass is 35.5. The van der Waals surface area contributed by atoms with Crippen molar-refractivity contribution in [3.8, 4) is 5.75 Å². The number of carbonyl (C=O) groups excluding carboxylic acids is 2. The predicted molar refractivity (Wildman–Crippen MR) is 159 cm³/mol. The van der Waals surface area contributed by atoms with Crippen molar-refractivity contribution in [2.45, 2.75) is 59.0 Å². The van der Waals surface area contributed by atoms with Gasteiger partial charge in [0.15, 0.2) is 6.61 Å². The Bertz CT molecular complexity index is 1240. The van der Waals surface area contributed by atoms with Crippen LogP contribution in [-0.4, -0.2) is 35.9 Å². The molecule has 39 heavy (non-hydrogen) atoms. The van der Waals surface area contributed by atoms with Crippen molar-refractivity contribution in [2.24, 2.45) is 5.92 Å². The van der Waals surface area contributed by atoms with E-state index in [-0.39, 0.29) is 36.3 Å². The van der Waals surface area contributed by atoms with Gasteiger partial charge in [-0.15, -0.1) is 0 Å². The van der Waals surface area contributed by atoms with Crippen molar-refractivity contribution in [1.29, 1.82) is 0 Å². The fourth-order valence-corrected chi connectivity index (χ4v) is 4.78. The van der Waals surface area contributed by atoms with Gasteiger partial charge in [-0.2, -0.15) is 0 Å². The molecule has 5 nitrogen and oxygen atoms in total. The Balaban J connectivity index is 1.98. The van der Waals surface area contributed by atoms with Gasteiger partial charge in [0.05, 0.1) is 0 Å². The Morgan fingerprint density at radius 1 is 0.897 bits per heavy atom. The van der Waals surface area contributed by atoms with Crippen molar-refractivity contribution in [3.05, 3.63) is 99.5 Å². The van der Waals surface area contributed by atoms with Gasteiger partial charge in [0, 0.05) is 35.1 Å². The zero-order chi connectivity index (χ0) is 28.6. The van der Waals surface area contributed by atoms with Crippen LogP contribution in [0.1, 0.15) is 51.3 Å². The van der Waals surface area contributed by atoms with E-state index in [1.165, 1.54) is 4.90 Å². The van der Waals surface area contributed by atoms with E-state index in [2.05, 4.69) is 26.1 Å². The molecule has 3 aromatic carbocycles. The monoisotopic (exact) mass is 568 g/mol. The number of carbonyl (C=O) groups is 2. The summed E-state index contributed by atoms with van der Waals surface area (Å²) in [5.74, 6) is 0.318. The third-order valence-corrected chi connectivity index (χ3v) is 7.10. The molecule has 3 rings (SSSR count). The molecule has 0 aliphatic heterocycles. The van der Waals surface area contributed by atoms with Crippen LogP contribution in [-0.2, 0) is 28.0 Å². The van der Waals surface area contributed by atoms with Crippen LogP contribution in [0.15, 0.2) is 72.8 Å². The van der Waals surface area contributed by atoms with Crippen LogP contribution in [0, 0.1) is 5.92 Å². The number of nitrogens with one attached hydrogen (secondary N) is 1. The van der Waals surface area contributed by atoms with E-state index >= 15 is 0 Å². The smallest absolute Gasteiger partial charge is 0.261 e. The molecule has 1 N–H and O–H groups in total. The summed E-state index contributed by atoms with van der Waals surface area (Å²) in [5, 5.41) is 3.88. The fourth-order valence-electron chi connectivity index (χ4n) is 4.26. The molecular weight excluding hydrogens is 531 g/mol. The maximum Gasteiger partial charge on any atom is 0.261 e. The molecule has 1 atom stereocenters. The maximum absolute atomic E-state index is 13.9. The summed E-state index contributed by atoms with van der Waals surface area (Å²) in [5.41, 5.74) is 2.34. The van der Waals surface area contributed by atoms with Crippen molar-refractivity contribution >= 4 is 35.0 Å². The zero-order valence-corrected chi connectivity index (χ0v) is 24.9. The topological polar surface area (TPSA) is 58.6 Å². The highest BCUT2D eigenvalue weighted by molar-refractivity contribution is 6.36. The van der Waals surface area contributed by atoms with Crippen LogP contribution in [0.4, 0.5) is 0 Å². The van der Waals surface area contributed by atoms with Crippen LogP contribution < -0.4 is 10.1 Å². The Labute approximate surface area is 242 Å². The fraction of sp³-hybridized carbons (Fsp3) is 0.375. The lowest BCUT2D eigenvalue weighted by atomic mass is 9.86. The number of halogens is 2. The van der Waals surface area contributed by atoms with Gasteiger partial charge in [0.2, 0.25) is 5.91 Å². The Morgan fingerprint density at radius 3 is 2.13 bits per heavy atom. The van der Waals surface area contributed by atoms with E-state index in [1.54, 1.807) is 18.2 Å². The molecule has 0 spiro atoms. The van der Waals surface area contributed by atoms with E-state index in [1.807, 2.05) is 68.4 Å². The van der Waals surface area contributed by atoms with E-state index < -0.39 is 6.04 Å². The molecule has 0 radical (unpaired) electrons. The van der Waals surface area contributed by atoms with Crippen molar-refractivity contribution in [3.63, 3.8) is 0 Å². The average Bonchev–Trinajstić information content (AvgIpc) is 2.89. The van der Waals surface area contributed by atoms with Gasteiger partial charge in [-0.3, -0.25) is 9.59 Å². The third-order valence-electron chi connectivity index (χ3n) is 6.39. The number of rotatable bonds is 11. The van der Waals surface area contributed by atoms with Crippen molar-refractivity contribution < 1.29 is 14.3 Å². The number of ether oxygens (including phenoxy) is 1. The summed E-state index contributed by atoms with van der Waals surface area (Å²) in [6, 6.07) is 21.8. The molecular formula is C32H38Cl2N2O3. The SMILES string of the molecule is CC(C)CNC(=O)[C@H](Cc1ccccc1)N(Cc1c(Cl)cccc1Cl)C(=O)COc1ccccc1C(C)(C)C. The first-order chi connectivity index (χ1) is 18.5. The van der Waals surface area contributed by atoms with Gasteiger partial charge in [-0.05, 0) is 40.7 Å². The normalized spacial score (nSPS) is 12.2. The summed E-state index contributed by atoms with van der Waals surface area (Å²) in [7, 11) is 0. The summed E-state index contributed by atoms with van der Waals surface area (Å²) < 4.78 is 6.09. The third kappa shape index (κ3) is 8.74. The van der Waals surface area contributed by atoms with Crippen LogP contribution in [0.2, 0.25) is 10.0 Å². The minimum atomic E-state index is -0.799. The lowest BCUT2D eigenvalue weighted by Crippen LogP contribution is -2.52. The maximum atomic E-state index is 13.9. The van der Waals surface area contributed by atoms with Gasteiger partial charge in [0.25, 0.3) is 5.91 Å². The number of benzene rings is 3. The van der Waals surface area contributed by atoms with Gasteiger partial charge in [0.1, 0.15) is 11.8 Å². The van der Waals surface area contributed by atoms with E-state index in [0.29, 0.717) is 34.3 Å². The summed E-state index contributed by atoms with van der Waals surface area (Å²) in [6.45, 7) is 10.7. The van der Waals surface area contributed by atoms with Crippen LogP contribution in [0.3, 0.4) is 0 Å². The summed E-state index contributed by atoms with van der Waals surface area (Å²) in [6.07, 6.45) is 0.331. The van der Waals surface area contributed by atoms with Crippen LogP contribution in [0.5, 0.6) is 5.75 Å². The largest absolute Gasteiger partial charge is 0.483 e. The Hall–Kier alpha value is -3.02. The van der Waals surface area contributed by atoms with Crippen LogP contribution >= 0.6 is 23.2 Å². The molecule has 2 amide bonds. The molecule has 7 heteroatoms. The van der Waals surface area contributed by atoms with E-state index in [9.17, 15) is 9.59 Å². The number of hydrogen-bond donors (Lipinski definition) is 1. The molecule has 0 fully saturated rings. The van der Waals surface area contributed by atoms with Crippen LogP contribution in [0.25, 0.3) is 0 Å². The van der Waals surface area contributed by atoms with Gasteiger partial charge in [-0.1, -0.05) is 112 Å². The molecule has 0 aliphatic rings. The second kappa shape index (κ2) is 13.9. The molecule has 0 heterocycles. The first-order valence-electron chi connectivity index (χ1n) is 13.2. The minimum Gasteiger partial charge on any atom is -0.483 e. The van der Waals surface area contributed by atoms with E-state index in [0.717, 1.165) is 11.1 Å². The summed E-state index contributed by atoms with van der Waals surface area (Å²) >= 11 is 13.0. The second-order valence-corrected chi connectivity index (χ2v) is 11.9. The number of amides is 2. The van der Waals surface area contributed by atoms with Gasteiger partial charge >= 0.3 is 0 Å². The van der Waals surface area contributed by atoms with E-state index in [4.69, 9.17) is 27.9 Å². The minimum absolute atomic E-state index is 0.0637. The quantitative estimate of drug-likeness (QED) is 0.269. The Morgan fingerprint density at radius 2 is 1.51 bits per heavy atom. The molecule has 0 aliphatic carbocycles. The molecule has 208 valence electrons. The van der Waals surface area contributed by atoms with Gasteiger partial charge in [-0.25, -0.2) is 0 Å². The number of nitrogens with zero attached hydrogens (tertiary/aromatic N) is 1. The lowest BCUT2D eigenvalue weighted by Gasteiger charge is -2.32. The highest BCUT2D eigenvalue weighted by Crippen LogP contribution is 2.31. The summed E-state index contributed by atoms with van der Waals surface area (Å²) in [4.78, 5) is 29.1. The molecule has 0 bridgehead atoms. The number of hydrogen-bond acceptors (Lipinski definition) is 3.